The van der Waals surface area contributed by atoms with Crippen molar-refractivity contribution in [2.24, 2.45) is 7.05 Å². The van der Waals surface area contributed by atoms with Crippen LogP contribution in [0.15, 0.2) is 55.5 Å². The zero-order chi connectivity index (χ0) is 29.1. The quantitative estimate of drug-likeness (QED) is 0.289. The molecule has 11 heteroatoms. The molecule has 0 aliphatic carbocycles. The number of ether oxygens (including phenoxy) is 2. The first-order valence-corrected chi connectivity index (χ1v) is 13.5. The lowest BCUT2D eigenvalue weighted by atomic mass is 10.0. The molecule has 214 valence electrons. The highest BCUT2D eigenvalue weighted by Gasteiger charge is 2.24. The number of piperidine rings is 1. The van der Waals surface area contributed by atoms with Gasteiger partial charge in [0.25, 0.3) is 0 Å². The van der Waals surface area contributed by atoms with Gasteiger partial charge in [0.1, 0.15) is 17.1 Å². The monoisotopic (exact) mass is 556 g/mol. The van der Waals surface area contributed by atoms with Gasteiger partial charge in [-0.15, -0.1) is 0 Å². The molecule has 1 aliphatic rings. The van der Waals surface area contributed by atoms with Crippen molar-refractivity contribution in [1.29, 1.82) is 0 Å². The van der Waals surface area contributed by atoms with Crippen molar-refractivity contribution in [3.05, 3.63) is 55.5 Å². The summed E-state index contributed by atoms with van der Waals surface area (Å²) in [5.41, 5.74) is 4.42. The molecule has 1 aromatic carbocycles. The number of fused-ring (bicyclic) bond motifs is 1. The number of hydrogen-bond acceptors (Lipinski definition) is 9. The molecule has 0 saturated carbocycles. The molecule has 0 spiro atoms. The zero-order valence-electron chi connectivity index (χ0n) is 24.1. The maximum absolute atomic E-state index is 12.4. The fourth-order valence-electron chi connectivity index (χ4n) is 5.20. The minimum atomic E-state index is -0.294. The van der Waals surface area contributed by atoms with E-state index >= 15 is 0 Å². The van der Waals surface area contributed by atoms with Crippen LogP contribution in [0.4, 0.5) is 23.0 Å². The average molecular weight is 557 g/mol. The first-order valence-electron chi connectivity index (χ1n) is 13.5. The second-order valence-electron chi connectivity index (χ2n) is 10.2. The maximum Gasteiger partial charge on any atom is 0.247 e. The Labute approximate surface area is 239 Å². The van der Waals surface area contributed by atoms with Crippen LogP contribution in [0.1, 0.15) is 12.8 Å². The van der Waals surface area contributed by atoms with Gasteiger partial charge in [-0.3, -0.25) is 4.79 Å². The van der Waals surface area contributed by atoms with E-state index in [0.717, 1.165) is 48.2 Å². The normalized spacial score (nSPS) is 13.9. The lowest BCUT2D eigenvalue weighted by Gasteiger charge is -2.37. The number of rotatable bonds is 9. The topological polar surface area (TPSA) is 110 Å². The second kappa shape index (κ2) is 11.8. The van der Waals surface area contributed by atoms with Gasteiger partial charge < -0.3 is 34.5 Å². The molecule has 1 saturated heterocycles. The van der Waals surface area contributed by atoms with Crippen molar-refractivity contribution >= 4 is 40.0 Å². The van der Waals surface area contributed by atoms with E-state index in [2.05, 4.69) is 51.1 Å². The number of aromatic nitrogens is 4. The summed E-state index contributed by atoms with van der Waals surface area (Å²) in [6.45, 7) is 5.34. The number of pyridine rings is 1. The van der Waals surface area contributed by atoms with Crippen LogP contribution in [-0.2, 0) is 11.8 Å². The van der Waals surface area contributed by atoms with Crippen LogP contribution < -0.4 is 25.0 Å². The number of hydrogen-bond donors (Lipinski definition) is 2. The number of carbonyl (C=O) groups excluding carboxylic acids is 1. The molecule has 1 aliphatic heterocycles. The van der Waals surface area contributed by atoms with E-state index < -0.39 is 0 Å². The maximum atomic E-state index is 12.4. The average Bonchev–Trinajstić information content (AvgIpc) is 3.36. The van der Waals surface area contributed by atoms with Crippen LogP contribution in [0.2, 0.25) is 0 Å². The summed E-state index contributed by atoms with van der Waals surface area (Å²) in [7, 11) is 9.39. The fraction of sp³-hybridized carbons (Fsp3) is 0.333. The molecule has 11 nitrogen and oxygen atoms in total. The molecule has 1 amide bonds. The number of nitrogens with one attached hydrogen (secondary N) is 2. The minimum Gasteiger partial charge on any atom is -0.494 e. The van der Waals surface area contributed by atoms with Gasteiger partial charge in [0, 0.05) is 55.6 Å². The van der Waals surface area contributed by atoms with Crippen LogP contribution in [0.5, 0.6) is 11.5 Å². The van der Waals surface area contributed by atoms with Crippen LogP contribution >= 0.6 is 0 Å². The molecule has 3 aromatic heterocycles. The Kier molecular flexibility index (Phi) is 8.06. The van der Waals surface area contributed by atoms with Crippen molar-refractivity contribution in [1.82, 2.24) is 24.4 Å². The molecule has 0 atom stereocenters. The van der Waals surface area contributed by atoms with Crippen molar-refractivity contribution in [3.8, 4) is 22.8 Å². The van der Waals surface area contributed by atoms with Crippen molar-refractivity contribution in [2.75, 3.05) is 56.9 Å². The second-order valence-corrected chi connectivity index (χ2v) is 10.2. The number of amides is 1. The number of benzene rings is 1. The van der Waals surface area contributed by atoms with Gasteiger partial charge >= 0.3 is 0 Å². The summed E-state index contributed by atoms with van der Waals surface area (Å²) in [5.74, 6) is 1.17. The van der Waals surface area contributed by atoms with Crippen LogP contribution in [0, 0.1) is 0 Å². The minimum absolute atomic E-state index is 0.294. The summed E-state index contributed by atoms with van der Waals surface area (Å²) in [4.78, 5) is 30.8. The van der Waals surface area contributed by atoms with E-state index in [4.69, 9.17) is 14.5 Å². The predicted octanol–water partition coefficient (Wildman–Crippen LogP) is 4.45. The molecular weight excluding hydrogens is 520 g/mol. The Balaban J connectivity index is 1.50. The molecule has 5 rings (SSSR count). The zero-order valence-corrected chi connectivity index (χ0v) is 24.1. The van der Waals surface area contributed by atoms with E-state index in [1.807, 2.05) is 42.1 Å². The van der Waals surface area contributed by atoms with E-state index in [9.17, 15) is 4.79 Å². The fourth-order valence-corrected chi connectivity index (χ4v) is 5.20. The van der Waals surface area contributed by atoms with Crippen molar-refractivity contribution in [2.45, 2.75) is 18.9 Å². The molecule has 2 N–H and O–H groups in total. The third-order valence-corrected chi connectivity index (χ3v) is 7.50. The first kappa shape index (κ1) is 27.9. The highest BCUT2D eigenvalue weighted by molar-refractivity contribution is 6.02. The van der Waals surface area contributed by atoms with Gasteiger partial charge in [0.15, 0.2) is 5.75 Å². The Hall–Kier alpha value is -4.64. The van der Waals surface area contributed by atoms with Gasteiger partial charge in [0.05, 0.1) is 37.5 Å². The van der Waals surface area contributed by atoms with E-state index in [-0.39, 0.29) is 5.91 Å². The van der Waals surface area contributed by atoms with E-state index in [0.29, 0.717) is 40.6 Å². The summed E-state index contributed by atoms with van der Waals surface area (Å²) >= 11 is 0. The Morgan fingerprint density at radius 3 is 2.51 bits per heavy atom. The molecule has 0 radical (unpaired) electrons. The van der Waals surface area contributed by atoms with Crippen LogP contribution in [0.25, 0.3) is 22.3 Å². The van der Waals surface area contributed by atoms with E-state index in [1.165, 1.54) is 6.08 Å². The lowest BCUT2D eigenvalue weighted by Crippen LogP contribution is -2.42. The number of carbonyl (C=O) groups is 1. The molecule has 4 aromatic rings. The molecule has 0 bridgehead atoms. The van der Waals surface area contributed by atoms with Gasteiger partial charge in [-0.25, -0.2) is 15.0 Å². The van der Waals surface area contributed by atoms with Gasteiger partial charge in [-0.1, -0.05) is 6.58 Å². The van der Waals surface area contributed by atoms with Crippen LogP contribution in [0.3, 0.4) is 0 Å². The summed E-state index contributed by atoms with van der Waals surface area (Å²) in [6, 6.07) is 8.34. The Morgan fingerprint density at radius 1 is 1.07 bits per heavy atom. The summed E-state index contributed by atoms with van der Waals surface area (Å²) in [5, 5.41) is 7.24. The third kappa shape index (κ3) is 5.80. The molecule has 1 fully saturated rings. The number of anilines is 4. The van der Waals surface area contributed by atoms with Gasteiger partial charge in [0.2, 0.25) is 11.9 Å². The highest BCUT2D eigenvalue weighted by atomic mass is 16.5. The SMILES string of the molecule is C=CC(=O)Nc1cc(Nc2ncc(OC)c(-c3cnc4c(ccn4C)c3)n2)c(OC)cc1N1CCC(N(C)C)CC1. The van der Waals surface area contributed by atoms with Crippen molar-refractivity contribution < 1.29 is 14.3 Å². The third-order valence-electron chi connectivity index (χ3n) is 7.50. The smallest absolute Gasteiger partial charge is 0.247 e. The van der Waals surface area contributed by atoms with Gasteiger partial charge in [-0.05, 0) is 51.2 Å². The standard InChI is InChI=1S/C30H36N8O3/c1-7-27(39)33-22-15-23(25(40-5)16-24(22)38-12-9-21(10-13-38)36(2)3)34-30-32-18-26(41-6)28(35-30)20-14-19-8-11-37(4)29(19)31-17-20/h7-8,11,14-18,21H,1,9-10,12-13H2,2-6H3,(H,33,39)(H,32,34,35). The molecular formula is C30H36N8O3. The predicted molar refractivity (Wildman–Crippen MR) is 162 cm³/mol. The summed E-state index contributed by atoms with van der Waals surface area (Å²) < 4.78 is 13.3. The Morgan fingerprint density at radius 2 is 1.83 bits per heavy atom. The van der Waals surface area contributed by atoms with E-state index in [1.54, 1.807) is 26.6 Å². The Bertz CT molecular complexity index is 1570. The number of aryl methyl sites for hydroxylation is 1. The molecule has 0 unspecified atom stereocenters. The van der Waals surface area contributed by atoms with Gasteiger partial charge in [-0.2, -0.15) is 0 Å². The first-order chi connectivity index (χ1) is 19.8. The highest BCUT2D eigenvalue weighted by Crippen LogP contribution is 2.40. The van der Waals surface area contributed by atoms with Crippen LogP contribution in [-0.4, -0.2) is 77.8 Å². The molecule has 41 heavy (non-hydrogen) atoms. The molecule has 4 heterocycles. The van der Waals surface area contributed by atoms with Crippen molar-refractivity contribution in [3.63, 3.8) is 0 Å². The number of nitrogens with zero attached hydrogens (tertiary/aromatic N) is 6. The largest absolute Gasteiger partial charge is 0.494 e. The lowest BCUT2D eigenvalue weighted by molar-refractivity contribution is -0.111. The summed E-state index contributed by atoms with van der Waals surface area (Å²) in [6.07, 6.45) is 8.67. The number of methoxy groups -OCH3 is 2.